The predicted molar refractivity (Wildman–Crippen MR) is 72.7 cm³/mol. The number of hydrogen-bond acceptors (Lipinski definition) is 3. The Morgan fingerprint density at radius 3 is 2.78 bits per heavy atom. The summed E-state index contributed by atoms with van der Waals surface area (Å²) in [5.41, 5.74) is 4.37. The molecule has 1 saturated heterocycles. The van der Waals surface area contributed by atoms with Crippen LogP contribution in [0, 0.1) is 0 Å². The first-order chi connectivity index (χ1) is 8.75. The molecule has 0 atom stereocenters. The van der Waals surface area contributed by atoms with E-state index in [0.717, 1.165) is 38.1 Å². The number of likely N-dealkylation sites (tertiary alicyclic amines) is 1. The van der Waals surface area contributed by atoms with E-state index in [1.165, 1.54) is 0 Å². The van der Waals surface area contributed by atoms with Gasteiger partial charge in [0.2, 0.25) is 0 Å². The summed E-state index contributed by atoms with van der Waals surface area (Å²) in [5, 5.41) is 4.24. The molecule has 1 aliphatic rings. The van der Waals surface area contributed by atoms with Crippen molar-refractivity contribution in [3.8, 4) is 0 Å². The van der Waals surface area contributed by atoms with Gasteiger partial charge < -0.3 is 4.90 Å². The highest BCUT2D eigenvalue weighted by Crippen LogP contribution is 2.06. The Kier molecular flexibility index (Phi) is 4.47. The number of hydrogen-bond donors (Lipinski definition) is 1. The maximum absolute atomic E-state index is 11.8. The molecule has 2 rings (SSSR count). The molecule has 4 heteroatoms. The van der Waals surface area contributed by atoms with E-state index in [1.54, 1.807) is 12.1 Å². The molecule has 1 aromatic rings. The van der Waals surface area contributed by atoms with Gasteiger partial charge in [0.1, 0.15) is 0 Å². The Morgan fingerprint density at radius 2 is 2.00 bits per heavy atom. The second-order valence-corrected chi connectivity index (χ2v) is 4.64. The molecule has 0 bridgehead atoms. The number of amides is 1. The molecule has 1 aromatic carbocycles. The normalized spacial score (nSPS) is 19.5. The SMILES string of the molecule is CN1CCCC(=NNC(=O)c2ccccc2)CC1. The Hall–Kier alpha value is -1.68. The number of nitrogens with one attached hydrogen (secondary N) is 1. The summed E-state index contributed by atoms with van der Waals surface area (Å²) < 4.78 is 0. The second-order valence-electron chi connectivity index (χ2n) is 4.64. The van der Waals surface area contributed by atoms with Crippen molar-refractivity contribution in [1.29, 1.82) is 0 Å². The van der Waals surface area contributed by atoms with E-state index < -0.39 is 0 Å². The van der Waals surface area contributed by atoms with Gasteiger partial charge in [-0.15, -0.1) is 0 Å². The van der Waals surface area contributed by atoms with Crippen LogP contribution in [0.1, 0.15) is 29.6 Å². The van der Waals surface area contributed by atoms with Crippen molar-refractivity contribution >= 4 is 11.6 Å². The van der Waals surface area contributed by atoms with Crippen molar-refractivity contribution in [2.45, 2.75) is 19.3 Å². The lowest BCUT2D eigenvalue weighted by Crippen LogP contribution is -2.21. The summed E-state index contributed by atoms with van der Waals surface area (Å²) in [5.74, 6) is -0.138. The van der Waals surface area contributed by atoms with E-state index in [2.05, 4.69) is 22.5 Å². The summed E-state index contributed by atoms with van der Waals surface area (Å²) in [7, 11) is 2.12. The summed E-state index contributed by atoms with van der Waals surface area (Å²) in [4.78, 5) is 14.1. The van der Waals surface area contributed by atoms with Crippen molar-refractivity contribution in [2.75, 3.05) is 20.1 Å². The topological polar surface area (TPSA) is 44.7 Å². The molecule has 0 radical (unpaired) electrons. The van der Waals surface area contributed by atoms with Crippen molar-refractivity contribution in [1.82, 2.24) is 10.3 Å². The van der Waals surface area contributed by atoms with Gasteiger partial charge in [0.05, 0.1) is 0 Å². The molecule has 18 heavy (non-hydrogen) atoms. The van der Waals surface area contributed by atoms with Crippen LogP contribution in [-0.4, -0.2) is 36.7 Å². The van der Waals surface area contributed by atoms with Gasteiger partial charge in [-0.25, -0.2) is 5.43 Å². The maximum atomic E-state index is 11.8. The van der Waals surface area contributed by atoms with E-state index in [0.29, 0.717) is 5.56 Å². The molecule has 1 fully saturated rings. The molecule has 0 aromatic heterocycles. The molecular weight excluding hydrogens is 226 g/mol. The first-order valence-electron chi connectivity index (χ1n) is 6.35. The molecule has 96 valence electrons. The van der Waals surface area contributed by atoms with Crippen molar-refractivity contribution in [3.05, 3.63) is 35.9 Å². The summed E-state index contributed by atoms with van der Waals surface area (Å²) in [6.45, 7) is 2.12. The van der Waals surface area contributed by atoms with Crippen LogP contribution in [0.5, 0.6) is 0 Å². The number of benzene rings is 1. The lowest BCUT2D eigenvalue weighted by atomic mass is 10.2. The highest BCUT2D eigenvalue weighted by Gasteiger charge is 2.10. The zero-order chi connectivity index (χ0) is 12.8. The van der Waals surface area contributed by atoms with E-state index >= 15 is 0 Å². The number of hydrazone groups is 1. The largest absolute Gasteiger partial charge is 0.306 e. The molecule has 1 aliphatic heterocycles. The first-order valence-corrected chi connectivity index (χ1v) is 6.35. The van der Waals surface area contributed by atoms with Gasteiger partial charge in [0.15, 0.2) is 0 Å². The molecule has 1 amide bonds. The fourth-order valence-electron chi connectivity index (χ4n) is 2.01. The zero-order valence-corrected chi connectivity index (χ0v) is 10.7. The maximum Gasteiger partial charge on any atom is 0.271 e. The molecule has 0 aliphatic carbocycles. The van der Waals surface area contributed by atoms with Crippen LogP contribution < -0.4 is 5.43 Å². The second kappa shape index (κ2) is 6.31. The van der Waals surface area contributed by atoms with Gasteiger partial charge in [-0.2, -0.15) is 5.10 Å². The van der Waals surface area contributed by atoms with Crippen LogP contribution in [0.15, 0.2) is 35.4 Å². The smallest absolute Gasteiger partial charge is 0.271 e. The van der Waals surface area contributed by atoms with Gasteiger partial charge in [-0.05, 0) is 38.6 Å². The van der Waals surface area contributed by atoms with Crippen LogP contribution in [0.25, 0.3) is 0 Å². The minimum Gasteiger partial charge on any atom is -0.306 e. The fraction of sp³-hybridized carbons (Fsp3) is 0.429. The quantitative estimate of drug-likeness (QED) is 0.809. The summed E-state index contributed by atoms with van der Waals surface area (Å²) in [6.07, 6.45) is 3.02. The van der Waals surface area contributed by atoms with E-state index in [-0.39, 0.29) is 5.91 Å². The molecule has 0 unspecified atom stereocenters. The Balaban J connectivity index is 1.92. The van der Waals surface area contributed by atoms with Gasteiger partial charge in [0, 0.05) is 24.2 Å². The van der Waals surface area contributed by atoms with Gasteiger partial charge >= 0.3 is 0 Å². The van der Waals surface area contributed by atoms with E-state index in [1.807, 2.05) is 18.2 Å². The highest BCUT2D eigenvalue weighted by molar-refractivity contribution is 5.95. The molecular formula is C14H19N3O. The van der Waals surface area contributed by atoms with Crippen molar-refractivity contribution in [2.24, 2.45) is 5.10 Å². The average molecular weight is 245 g/mol. The standard InChI is InChI=1S/C14H19N3O/c1-17-10-5-8-13(9-11-17)15-16-14(18)12-6-3-2-4-7-12/h2-4,6-7H,5,8-11H2,1H3,(H,16,18). The zero-order valence-electron chi connectivity index (χ0n) is 10.7. The third-order valence-electron chi connectivity index (χ3n) is 3.14. The van der Waals surface area contributed by atoms with Crippen LogP contribution in [0.2, 0.25) is 0 Å². The third kappa shape index (κ3) is 3.67. The number of rotatable bonds is 2. The van der Waals surface area contributed by atoms with Crippen molar-refractivity contribution < 1.29 is 4.79 Å². The van der Waals surface area contributed by atoms with E-state index in [9.17, 15) is 4.79 Å². The molecule has 0 saturated carbocycles. The summed E-state index contributed by atoms with van der Waals surface area (Å²) in [6, 6.07) is 9.17. The first kappa shape index (κ1) is 12.8. The molecule has 4 nitrogen and oxygen atoms in total. The molecule has 0 spiro atoms. The minimum atomic E-state index is -0.138. The van der Waals surface area contributed by atoms with Gasteiger partial charge in [0.25, 0.3) is 5.91 Å². The highest BCUT2D eigenvalue weighted by atomic mass is 16.2. The number of carbonyl (C=O) groups excluding carboxylic acids is 1. The number of carbonyl (C=O) groups is 1. The predicted octanol–water partition coefficient (Wildman–Crippen LogP) is 1.89. The van der Waals surface area contributed by atoms with Crippen molar-refractivity contribution in [3.63, 3.8) is 0 Å². The lowest BCUT2D eigenvalue weighted by Gasteiger charge is -2.10. The monoisotopic (exact) mass is 245 g/mol. The minimum absolute atomic E-state index is 0.138. The van der Waals surface area contributed by atoms with Crippen LogP contribution in [0.3, 0.4) is 0 Å². The lowest BCUT2D eigenvalue weighted by molar-refractivity contribution is 0.0954. The summed E-state index contributed by atoms with van der Waals surface area (Å²) >= 11 is 0. The van der Waals surface area contributed by atoms with Gasteiger partial charge in [-0.1, -0.05) is 18.2 Å². The van der Waals surface area contributed by atoms with Crippen LogP contribution in [-0.2, 0) is 0 Å². The average Bonchev–Trinajstić information content (AvgIpc) is 2.62. The van der Waals surface area contributed by atoms with E-state index in [4.69, 9.17) is 0 Å². The Morgan fingerprint density at radius 1 is 1.22 bits per heavy atom. The van der Waals surface area contributed by atoms with Crippen LogP contribution in [0.4, 0.5) is 0 Å². The Labute approximate surface area is 108 Å². The Bertz CT molecular complexity index is 428. The third-order valence-corrected chi connectivity index (χ3v) is 3.14. The fourth-order valence-corrected chi connectivity index (χ4v) is 2.01. The van der Waals surface area contributed by atoms with Gasteiger partial charge in [-0.3, -0.25) is 4.79 Å². The number of nitrogens with zero attached hydrogens (tertiary/aromatic N) is 2. The van der Waals surface area contributed by atoms with Crippen LogP contribution >= 0.6 is 0 Å². The molecule has 1 heterocycles. The molecule has 1 N–H and O–H groups in total.